The molecule has 2 aliphatic heterocycles. The van der Waals surface area contributed by atoms with Gasteiger partial charge in [-0.2, -0.15) is 0 Å². The fraction of sp³-hybridized carbons (Fsp3) is 0.458. The normalized spacial score (nSPS) is 22.5. The monoisotopic (exact) mass is 413 g/mol. The van der Waals surface area contributed by atoms with Crippen molar-refractivity contribution in [3.05, 3.63) is 65.7 Å². The third kappa shape index (κ3) is 4.64. The summed E-state index contributed by atoms with van der Waals surface area (Å²) in [5.41, 5.74) is 2.03. The van der Waals surface area contributed by atoms with Crippen LogP contribution >= 0.6 is 0 Å². The van der Waals surface area contributed by atoms with Crippen LogP contribution in [0.15, 0.2) is 48.5 Å². The molecule has 2 aromatic carbocycles. The van der Waals surface area contributed by atoms with Crippen LogP contribution in [-0.2, 0) is 4.79 Å². The molecule has 0 radical (unpaired) electrons. The van der Waals surface area contributed by atoms with E-state index in [0.29, 0.717) is 18.9 Å². The first kappa shape index (κ1) is 20.8. The number of carbonyl (C=O) groups excluding carboxylic acids is 1. The van der Waals surface area contributed by atoms with E-state index >= 15 is 0 Å². The zero-order valence-corrected chi connectivity index (χ0v) is 17.4. The van der Waals surface area contributed by atoms with Gasteiger partial charge in [0, 0.05) is 63.8 Å². The molecule has 2 saturated heterocycles. The minimum atomic E-state index is -0.223. The molecule has 2 unspecified atom stereocenters. The maximum atomic E-state index is 13.8. The molecule has 2 atom stereocenters. The minimum absolute atomic E-state index is 0.159. The van der Waals surface area contributed by atoms with Gasteiger partial charge in [-0.25, -0.2) is 8.78 Å². The molecule has 160 valence electrons. The summed E-state index contributed by atoms with van der Waals surface area (Å²) in [7, 11) is 0. The topological polar surface area (TPSA) is 26.8 Å². The maximum Gasteiger partial charge on any atom is 0.222 e. The Bertz CT molecular complexity index is 865. The Morgan fingerprint density at radius 1 is 0.967 bits per heavy atom. The van der Waals surface area contributed by atoms with Crippen molar-refractivity contribution in [1.82, 2.24) is 9.80 Å². The van der Waals surface area contributed by atoms with E-state index in [1.54, 1.807) is 12.1 Å². The summed E-state index contributed by atoms with van der Waals surface area (Å²) in [6.45, 7) is 7.80. The highest BCUT2D eigenvalue weighted by Crippen LogP contribution is 2.34. The van der Waals surface area contributed by atoms with Crippen molar-refractivity contribution < 1.29 is 13.6 Å². The highest BCUT2D eigenvalue weighted by molar-refractivity contribution is 5.76. The molecule has 0 spiro atoms. The number of amides is 1. The Balaban J connectivity index is 1.41. The van der Waals surface area contributed by atoms with E-state index in [4.69, 9.17) is 0 Å². The highest BCUT2D eigenvalue weighted by Gasteiger charge is 2.37. The first-order valence-corrected chi connectivity index (χ1v) is 10.8. The van der Waals surface area contributed by atoms with Gasteiger partial charge in [0.25, 0.3) is 0 Å². The van der Waals surface area contributed by atoms with Crippen molar-refractivity contribution in [2.45, 2.75) is 19.3 Å². The summed E-state index contributed by atoms with van der Waals surface area (Å²) in [5, 5.41) is 0. The molecule has 2 fully saturated rings. The zero-order valence-electron chi connectivity index (χ0n) is 17.4. The molecule has 0 aromatic heterocycles. The smallest absolute Gasteiger partial charge is 0.222 e. The van der Waals surface area contributed by atoms with Crippen LogP contribution in [0.4, 0.5) is 14.5 Å². The fourth-order valence-corrected chi connectivity index (χ4v) is 4.77. The molecule has 1 amide bonds. The zero-order chi connectivity index (χ0) is 21.1. The lowest BCUT2D eigenvalue weighted by Crippen LogP contribution is -2.48. The standard InChI is InChI=1S/C24H29F2N3O/c1-2-24(30)29-16-19(23(17-29)18-4-3-5-21(26)14-18)15-27-10-12-28(13-11-27)22-8-6-20(25)7-9-22/h3-9,14,19,23H,2,10-13,15-17H2,1H3. The molecule has 0 saturated carbocycles. The second-order valence-corrected chi connectivity index (χ2v) is 8.34. The van der Waals surface area contributed by atoms with E-state index in [2.05, 4.69) is 9.80 Å². The first-order chi connectivity index (χ1) is 14.5. The third-order valence-electron chi connectivity index (χ3n) is 6.43. The summed E-state index contributed by atoms with van der Waals surface area (Å²) in [6.07, 6.45) is 0.499. The van der Waals surface area contributed by atoms with Gasteiger partial charge in [0.05, 0.1) is 0 Å². The van der Waals surface area contributed by atoms with Crippen LogP contribution in [0.25, 0.3) is 0 Å². The van der Waals surface area contributed by atoms with E-state index in [1.807, 2.05) is 30.0 Å². The van der Waals surface area contributed by atoms with Crippen molar-refractivity contribution in [2.75, 3.05) is 50.7 Å². The highest BCUT2D eigenvalue weighted by atomic mass is 19.1. The average Bonchev–Trinajstić information content (AvgIpc) is 3.18. The van der Waals surface area contributed by atoms with Crippen molar-refractivity contribution in [2.24, 2.45) is 5.92 Å². The summed E-state index contributed by atoms with van der Waals surface area (Å²) < 4.78 is 27.0. The van der Waals surface area contributed by atoms with E-state index in [-0.39, 0.29) is 23.5 Å². The van der Waals surface area contributed by atoms with Crippen LogP contribution in [0.5, 0.6) is 0 Å². The first-order valence-electron chi connectivity index (χ1n) is 10.8. The quantitative estimate of drug-likeness (QED) is 0.747. The second-order valence-electron chi connectivity index (χ2n) is 8.34. The molecular formula is C24H29F2N3O. The molecule has 0 bridgehead atoms. The number of nitrogens with zero attached hydrogens (tertiary/aromatic N) is 3. The number of hydrogen-bond donors (Lipinski definition) is 0. The number of piperazine rings is 1. The van der Waals surface area contributed by atoms with Crippen LogP contribution in [0, 0.1) is 17.6 Å². The number of halogens is 2. The molecule has 0 N–H and O–H groups in total. The van der Waals surface area contributed by atoms with Gasteiger partial charge in [0.2, 0.25) is 5.91 Å². The Kier molecular flexibility index (Phi) is 6.32. The van der Waals surface area contributed by atoms with Crippen molar-refractivity contribution in [3.63, 3.8) is 0 Å². The number of likely N-dealkylation sites (tertiary alicyclic amines) is 1. The van der Waals surface area contributed by atoms with E-state index in [1.165, 1.54) is 18.2 Å². The summed E-state index contributed by atoms with van der Waals surface area (Å²) in [4.78, 5) is 19.0. The number of benzene rings is 2. The van der Waals surface area contributed by atoms with Gasteiger partial charge in [0.15, 0.2) is 0 Å². The van der Waals surface area contributed by atoms with Gasteiger partial charge >= 0.3 is 0 Å². The lowest BCUT2D eigenvalue weighted by Gasteiger charge is -2.37. The molecule has 4 nitrogen and oxygen atoms in total. The summed E-state index contributed by atoms with van der Waals surface area (Å²) >= 11 is 0. The van der Waals surface area contributed by atoms with Crippen molar-refractivity contribution >= 4 is 11.6 Å². The van der Waals surface area contributed by atoms with E-state index < -0.39 is 0 Å². The molecule has 4 rings (SSSR count). The van der Waals surface area contributed by atoms with Gasteiger partial charge in [-0.3, -0.25) is 9.69 Å². The Morgan fingerprint density at radius 3 is 2.37 bits per heavy atom. The molecule has 2 aromatic rings. The SMILES string of the molecule is CCC(=O)N1CC(CN2CCN(c3ccc(F)cc3)CC2)C(c2cccc(F)c2)C1. The second kappa shape index (κ2) is 9.13. The van der Waals surface area contributed by atoms with Gasteiger partial charge in [-0.05, 0) is 47.9 Å². The Hall–Kier alpha value is -2.47. The number of hydrogen-bond acceptors (Lipinski definition) is 3. The van der Waals surface area contributed by atoms with Crippen LogP contribution in [-0.4, -0.2) is 61.5 Å². The number of carbonyl (C=O) groups is 1. The van der Waals surface area contributed by atoms with Crippen LogP contribution in [0.1, 0.15) is 24.8 Å². The predicted molar refractivity (Wildman–Crippen MR) is 115 cm³/mol. The lowest BCUT2D eigenvalue weighted by molar-refractivity contribution is -0.130. The third-order valence-corrected chi connectivity index (χ3v) is 6.43. The van der Waals surface area contributed by atoms with Gasteiger partial charge in [-0.15, -0.1) is 0 Å². The Morgan fingerprint density at radius 2 is 1.70 bits per heavy atom. The van der Waals surface area contributed by atoms with Crippen molar-refractivity contribution in [3.8, 4) is 0 Å². The number of anilines is 1. The summed E-state index contributed by atoms with van der Waals surface area (Å²) in [6, 6.07) is 13.5. The lowest BCUT2D eigenvalue weighted by atomic mass is 9.88. The van der Waals surface area contributed by atoms with Crippen LogP contribution in [0.3, 0.4) is 0 Å². The van der Waals surface area contributed by atoms with Crippen LogP contribution < -0.4 is 4.90 Å². The fourth-order valence-electron chi connectivity index (χ4n) is 4.77. The number of rotatable bonds is 5. The molecule has 0 aliphatic carbocycles. The molecular weight excluding hydrogens is 384 g/mol. The van der Waals surface area contributed by atoms with Crippen LogP contribution in [0.2, 0.25) is 0 Å². The van der Waals surface area contributed by atoms with E-state index in [9.17, 15) is 13.6 Å². The predicted octanol–water partition coefficient (Wildman–Crippen LogP) is 3.74. The van der Waals surface area contributed by atoms with Gasteiger partial charge in [0.1, 0.15) is 11.6 Å². The molecule has 2 heterocycles. The van der Waals surface area contributed by atoms with Crippen molar-refractivity contribution in [1.29, 1.82) is 0 Å². The Labute approximate surface area is 177 Å². The van der Waals surface area contributed by atoms with Gasteiger partial charge in [-0.1, -0.05) is 19.1 Å². The molecule has 6 heteroatoms. The largest absolute Gasteiger partial charge is 0.369 e. The molecule has 30 heavy (non-hydrogen) atoms. The maximum absolute atomic E-state index is 13.8. The average molecular weight is 414 g/mol. The minimum Gasteiger partial charge on any atom is -0.369 e. The van der Waals surface area contributed by atoms with E-state index in [0.717, 1.165) is 50.5 Å². The summed E-state index contributed by atoms with van der Waals surface area (Å²) in [5.74, 6) is 0.179. The molecule has 2 aliphatic rings. The van der Waals surface area contributed by atoms with Gasteiger partial charge < -0.3 is 9.80 Å².